The van der Waals surface area contributed by atoms with Crippen molar-refractivity contribution in [3.05, 3.63) is 70.8 Å². The van der Waals surface area contributed by atoms with Gasteiger partial charge in [0.2, 0.25) is 0 Å². The summed E-state index contributed by atoms with van der Waals surface area (Å²) in [6, 6.07) is 15.8. The minimum absolute atomic E-state index is 0.925. The molecular weight excluding hydrogens is 208 g/mol. The smallest absolute Gasteiger partial charge is 0.117 e. The van der Waals surface area contributed by atoms with Crippen LogP contribution >= 0.6 is 0 Å². The Kier molecular flexibility index (Phi) is 3.01. The van der Waals surface area contributed by atoms with E-state index in [1.165, 1.54) is 5.56 Å². The molecule has 0 saturated heterocycles. The molecule has 17 heavy (non-hydrogen) atoms. The fourth-order valence-electron chi connectivity index (χ4n) is 2.07. The minimum atomic E-state index is -0.933. The van der Waals surface area contributed by atoms with E-state index in [4.69, 9.17) is 11.5 Å². The van der Waals surface area contributed by atoms with Crippen LogP contribution in [-0.2, 0) is 5.66 Å². The highest BCUT2D eigenvalue weighted by Gasteiger charge is 2.26. The molecule has 0 aliphatic carbocycles. The van der Waals surface area contributed by atoms with Gasteiger partial charge in [0.05, 0.1) is 0 Å². The third-order valence-corrected chi connectivity index (χ3v) is 3.30. The Morgan fingerprint density at radius 1 is 0.824 bits per heavy atom. The van der Waals surface area contributed by atoms with Gasteiger partial charge >= 0.3 is 0 Å². The third-order valence-electron chi connectivity index (χ3n) is 3.30. The SMILES string of the molecule is Cc1cccc(C(N)(N)c2ccccc2)c1C. The lowest BCUT2D eigenvalue weighted by Crippen LogP contribution is -2.47. The Morgan fingerprint density at radius 2 is 1.47 bits per heavy atom. The van der Waals surface area contributed by atoms with Crippen LogP contribution in [0.5, 0.6) is 0 Å². The summed E-state index contributed by atoms with van der Waals surface area (Å²) in [5.41, 5.74) is 15.9. The molecule has 0 heterocycles. The molecule has 2 rings (SSSR count). The lowest BCUT2D eigenvalue weighted by molar-refractivity contribution is 0.563. The number of hydrogen-bond acceptors (Lipinski definition) is 2. The maximum atomic E-state index is 6.31. The first-order valence-corrected chi connectivity index (χ1v) is 5.73. The molecule has 0 radical (unpaired) electrons. The monoisotopic (exact) mass is 226 g/mol. The van der Waals surface area contributed by atoms with Crippen molar-refractivity contribution in [1.82, 2.24) is 0 Å². The van der Waals surface area contributed by atoms with Gasteiger partial charge in [-0.25, -0.2) is 0 Å². The van der Waals surface area contributed by atoms with Crippen LogP contribution in [0.1, 0.15) is 22.3 Å². The molecule has 2 heteroatoms. The van der Waals surface area contributed by atoms with Crippen LogP contribution in [-0.4, -0.2) is 0 Å². The van der Waals surface area contributed by atoms with Gasteiger partial charge in [-0.2, -0.15) is 0 Å². The zero-order valence-corrected chi connectivity index (χ0v) is 10.3. The molecule has 2 aromatic carbocycles. The normalized spacial score (nSPS) is 11.5. The fraction of sp³-hybridized carbons (Fsp3) is 0.200. The zero-order valence-electron chi connectivity index (χ0n) is 10.3. The predicted molar refractivity (Wildman–Crippen MR) is 71.5 cm³/mol. The van der Waals surface area contributed by atoms with Gasteiger partial charge in [-0.15, -0.1) is 0 Å². The first-order valence-electron chi connectivity index (χ1n) is 5.73. The largest absolute Gasteiger partial charge is 0.306 e. The summed E-state index contributed by atoms with van der Waals surface area (Å²) in [6.45, 7) is 4.13. The Labute approximate surface area is 102 Å². The average Bonchev–Trinajstić information content (AvgIpc) is 2.33. The second-order valence-electron chi connectivity index (χ2n) is 4.48. The molecular formula is C15H18N2. The van der Waals surface area contributed by atoms with Gasteiger partial charge in [0.1, 0.15) is 5.66 Å². The van der Waals surface area contributed by atoms with Crippen molar-refractivity contribution in [3.63, 3.8) is 0 Å². The number of aryl methyl sites for hydroxylation is 1. The van der Waals surface area contributed by atoms with Gasteiger partial charge in [0.15, 0.2) is 0 Å². The maximum absolute atomic E-state index is 6.31. The molecule has 0 saturated carbocycles. The van der Waals surface area contributed by atoms with E-state index < -0.39 is 5.66 Å². The molecule has 0 bridgehead atoms. The van der Waals surface area contributed by atoms with Crippen LogP contribution in [0.25, 0.3) is 0 Å². The fourth-order valence-corrected chi connectivity index (χ4v) is 2.07. The Hall–Kier alpha value is -1.64. The zero-order chi connectivity index (χ0) is 12.5. The van der Waals surface area contributed by atoms with Gasteiger partial charge in [-0.05, 0) is 36.1 Å². The number of rotatable bonds is 2. The van der Waals surface area contributed by atoms with Crippen molar-refractivity contribution in [3.8, 4) is 0 Å². The first-order chi connectivity index (χ1) is 8.03. The van der Waals surface area contributed by atoms with Crippen LogP contribution < -0.4 is 11.5 Å². The van der Waals surface area contributed by atoms with E-state index in [0.717, 1.165) is 16.7 Å². The third kappa shape index (κ3) is 2.09. The van der Waals surface area contributed by atoms with Gasteiger partial charge in [-0.3, -0.25) is 0 Å². The molecule has 0 aliphatic heterocycles. The molecule has 2 nitrogen and oxygen atoms in total. The quantitative estimate of drug-likeness (QED) is 0.773. The Bertz CT molecular complexity index is 516. The molecule has 0 spiro atoms. The van der Waals surface area contributed by atoms with Crippen LogP contribution in [0.4, 0.5) is 0 Å². The van der Waals surface area contributed by atoms with Crippen molar-refractivity contribution >= 4 is 0 Å². The lowest BCUT2D eigenvalue weighted by atomic mass is 9.88. The van der Waals surface area contributed by atoms with Crippen LogP contribution in [0.3, 0.4) is 0 Å². The highest BCUT2D eigenvalue weighted by molar-refractivity contribution is 5.43. The highest BCUT2D eigenvalue weighted by Crippen LogP contribution is 2.25. The molecule has 0 fully saturated rings. The second kappa shape index (κ2) is 4.32. The van der Waals surface area contributed by atoms with Crippen LogP contribution in [0.2, 0.25) is 0 Å². The summed E-state index contributed by atoms with van der Waals surface area (Å²) >= 11 is 0. The van der Waals surface area contributed by atoms with E-state index in [0.29, 0.717) is 0 Å². The number of benzene rings is 2. The molecule has 2 aromatic rings. The van der Waals surface area contributed by atoms with Crippen molar-refractivity contribution in [1.29, 1.82) is 0 Å². The standard InChI is InChI=1S/C15H18N2/c1-11-7-6-10-14(12(11)2)15(16,17)13-8-4-3-5-9-13/h3-10H,16-17H2,1-2H3. The van der Waals surface area contributed by atoms with Gasteiger partial charge in [0.25, 0.3) is 0 Å². The van der Waals surface area contributed by atoms with E-state index in [9.17, 15) is 0 Å². The summed E-state index contributed by atoms with van der Waals surface area (Å²) in [4.78, 5) is 0. The molecule has 4 N–H and O–H groups in total. The van der Waals surface area contributed by atoms with E-state index in [1.54, 1.807) is 0 Å². The van der Waals surface area contributed by atoms with Crippen LogP contribution in [0.15, 0.2) is 48.5 Å². The minimum Gasteiger partial charge on any atom is -0.306 e. The van der Waals surface area contributed by atoms with Gasteiger partial charge < -0.3 is 11.5 Å². The van der Waals surface area contributed by atoms with E-state index in [-0.39, 0.29) is 0 Å². The Balaban J connectivity index is 2.56. The summed E-state index contributed by atoms with van der Waals surface area (Å²) in [5, 5.41) is 0. The molecule has 0 amide bonds. The maximum Gasteiger partial charge on any atom is 0.117 e. The summed E-state index contributed by atoms with van der Waals surface area (Å²) in [7, 11) is 0. The summed E-state index contributed by atoms with van der Waals surface area (Å²) in [5.74, 6) is 0. The molecule has 0 aliphatic rings. The average molecular weight is 226 g/mol. The van der Waals surface area contributed by atoms with Gasteiger partial charge in [0, 0.05) is 0 Å². The van der Waals surface area contributed by atoms with Crippen molar-refractivity contribution < 1.29 is 0 Å². The van der Waals surface area contributed by atoms with E-state index in [2.05, 4.69) is 19.9 Å². The number of nitrogens with two attached hydrogens (primary N) is 2. The van der Waals surface area contributed by atoms with Crippen molar-refractivity contribution in [2.75, 3.05) is 0 Å². The van der Waals surface area contributed by atoms with Gasteiger partial charge in [-0.1, -0.05) is 48.5 Å². The first kappa shape index (κ1) is 11.8. The van der Waals surface area contributed by atoms with Crippen LogP contribution in [0, 0.1) is 13.8 Å². The van der Waals surface area contributed by atoms with Crippen molar-refractivity contribution in [2.45, 2.75) is 19.5 Å². The predicted octanol–water partition coefficient (Wildman–Crippen LogP) is 2.42. The molecule has 88 valence electrons. The highest BCUT2D eigenvalue weighted by atomic mass is 15.0. The lowest BCUT2D eigenvalue weighted by Gasteiger charge is -2.28. The molecule has 0 atom stereocenters. The topological polar surface area (TPSA) is 52.0 Å². The van der Waals surface area contributed by atoms with E-state index in [1.807, 2.05) is 42.5 Å². The summed E-state index contributed by atoms with van der Waals surface area (Å²) < 4.78 is 0. The van der Waals surface area contributed by atoms with Crippen molar-refractivity contribution in [2.24, 2.45) is 11.5 Å². The molecule has 0 unspecified atom stereocenters. The summed E-state index contributed by atoms with van der Waals surface area (Å²) in [6.07, 6.45) is 0. The molecule has 0 aromatic heterocycles. The Morgan fingerprint density at radius 3 is 2.12 bits per heavy atom. The van der Waals surface area contributed by atoms with E-state index >= 15 is 0 Å². The second-order valence-corrected chi connectivity index (χ2v) is 4.48. The number of hydrogen-bond donors (Lipinski definition) is 2.